The number of allylic oxidation sites excluding steroid dienone is 1. The van der Waals surface area contributed by atoms with E-state index in [1.807, 2.05) is 13.0 Å². The smallest absolute Gasteiger partial charge is 0.152 e. The fourth-order valence-electron chi connectivity index (χ4n) is 0.989. The van der Waals surface area contributed by atoms with Crippen molar-refractivity contribution in [1.29, 1.82) is 0 Å². The van der Waals surface area contributed by atoms with Gasteiger partial charge in [0, 0.05) is 22.9 Å². The number of aromatic amines is 1. The summed E-state index contributed by atoms with van der Waals surface area (Å²) in [7, 11) is 0. The predicted molar refractivity (Wildman–Crippen MR) is 55.7 cm³/mol. The largest absolute Gasteiger partial charge is 0.343 e. The average Bonchev–Trinajstić information content (AvgIpc) is 2.32. The molecule has 0 saturated carbocycles. The van der Waals surface area contributed by atoms with Gasteiger partial charge < -0.3 is 5.32 Å². The molecule has 0 amide bonds. The zero-order valence-corrected chi connectivity index (χ0v) is 8.73. The summed E-state index contributed by atoms with van der Waals surface area (Å²) in [6, 6.07) is 2.01. The summed E-state index contributed by atoms with van der Waals surface area (Å²) in [5.41, 5.74) is 2.13. The molecule has 0 aliphatic heterocycles. The fourth-order valence-corrected chi connectivity index (χ4v) is 0.989. The van der Waals surface area contributed by atoms with Crippen LogP contribution in [0.25, 0.3) is 0 Å². The Hall–Kier alpha value is -1.25. The molecule has 0 aromatic carbocycles. The minimum atomic E-state index is 0.113. The number of hydrogen-bond donors (Lipinski definition) is 2. The Labute approximate surface area is 79.2 Å². The van der Waals surface area contributed by atoms with Crippen LogP contribution in [-0.4, -0.2) is 10.2 Å². The lowest BCUT2D eigenvalue weighted by atomic mass is 9.92. The first-order valence-electron chi connectivity index (χ1n) is 4.38. The predicted octanol–water partition coefficient (Wildman–Crippen LogP) is 2.65. The first kappa shape index (κ1) is 9.84. The Morgan fingerprint density at radius 1 is 1.54 bits per heavy atom. The first-order chi connectivity index (χ1) is 5.89. The molecular weight excluding hydrogens is 162 g/mol. The van der Waals surface area contributed by atoms with Gasteiger partial charge in [0.05, 0.1) is 0 Å². The molecule has 0 bridgehead atoms. The summed E-state index contributed by atoms with van der Waals surface area (Å²) < 4.78 is 0. The molecule has 0 aliphatic rings. The molecule has 0 spiro atoms. The van der Waals surface area contributed by atoms with Crippen LogP contribution in [0.3, 0.4) is 0 Å². The Balaban J connectivity index is 2.81. The third-order valence-corrected chi connectivity index (χ3v) is 1.73. The monoisotopic (exact) mass is 179 g/mol. The van der Waals surface area contributed by atoms with E-state index < -0.39 is 0 Å². The van der Waals surface area contributed by atoms with E-state index in [4.69, 9.17) is 0 Å². The van der Waals surface area contributed by atoms with Gasteiger partial charge in [0.15, 0.2) is 5.82 Å². The molecule has 0 unspecified atom stereocenters. The molecule has 1 heterocycles. The summed E-state index contributed by atoms with van der Waals surface area (Å²) in [6.07, 6.45) is 0. The standard InChI is InChI=1S/C10H17N3/c1-7(2)11-9-6-8(12-13-9)10(3,4)5/h6H,1H2,2-5H3,(H2,11,12,13). The van der Waals surface area contributed by atoms with Crippen molar-refractivity contribution in [2.24, 2.45) is 0 Å². The van der Waals surface area contributed by atoms with E-state index in [-0.39, 0.29) is 5.41 Å². The minimum absolute atomic E-state index is 0.113. The number of aromatic nitrogens is 2. The van der Waals surface area contributed by atoms with E-state index in [0.29, 0.717) is 0 Å². The Bertz CT molecular complexity index is 304. The van der Waals surface area contributed by atoms with Gasteiger partial charge in [-0.2, -0.15) is 5.10 Å². The Kier molecular flexibility index (Phi) is 2.45. The van der Waals surface area contributed by atoms with E-state index in [1.54, 1.807) is 0 Å². The molecule has 1 aromatic heterocycles. The molecule has 0 radical (unpaired) electrons. The van der Waals surface area contributed by atoms with Crippen LogP contribution in [0, 0.1) is 0 Å². The summed E-state index contributed by atoms with van der Waals surface area (Å²) in [5, 5.41) is 10.2. The highest BCUT2D eigenvalue weighted by Gasteiger charge is 2.16. The molecule has 0 aliphatic carbocycles. The van der Waals surface area contributed by atoms with Crippen LogP contribution in [0.2, 0.25) is 0 Å². The van der Waals surface area contributed by atoms with Crippen molar-refractivity contribution in [2.75, 3.05) is 5.32 Å². The molecule has 72 valence electrons. The molecular formula is C10H17N3. The van der Waals surface area contributed by atoms with Gasteiger partial charge in [0.2, 0.25) is 0 Å². The number of nitrogens with one attached hydrogen (secondary N) is 2. The summed E-state index contributed by atoms with van der Waals surface area (Å²) in [4.78, 5) is 0. The Morgan fingerprint density at radius 3 is 2.54 bits per heavy atom. The van der Waals surface area contributed by atoms with E-state index >= 15 is 0 Å². The van der Waals surface area contributed by atoms with Gasteiger partial charge in [-0.05, 0) is 6.92 Å². The van der Waals surface area contributed by atoms with Gasteiger partial charge in [-0.25, -0.2) is 0 Å². The van der Waals surface area contributed by atoms with Crippen LogP contribution < -0.4 is 5.32 Å². The lowest BCUT2D eigenvalue weighted by Crippen LogP contribution is -2.11. The topological polar surface area (TPSA) is 40.7 Å². The van der Waals surface area contributed by atoms with E-state index in [0.717, 1.165) is 17.2 Å². The lowest BCUT2D eigenvalue weighted by molar-refractivity contribution is 0.567. The van der Waals surface area contributed by atoms with Gasteiger partial charge in [0.1, 0.15) is 0 Å². The zero-order chi connectivity index (χ0) is 10.1. The van der Waals surface area contributed by atoms with Crippen molar-refractivity contribution >= 4 is 5.82 Å². The molecule has 0 fully saturated rings. The minimum Gasteiger partial charge on any atom is -0.343 e. The van der Waals surface area contributed by atoms with E-state index in [1.165, 1.54) is 0 Å². The number of rotatable bonds is 2. The molecule has 0 saturated heterocycles. The second kappa shape index (κ2) is 3.24. The second-order valence-corrected chi connectivity index (χ2v) is 4.32. The SMILES string of the molecule is C=C(C)Nc1cc(C(C)(C)C)[nH]n1. The highest BCUT2D eigenvalue weighted by atomic mass is 15.2. The molecule has 1 rings (SSSR count). The van der Waals surface area contributed by atoms with Crippen LogP contribution in [0.4, 0.5) is 5.82 Å². The summed E-state index contributed by atoms with van der Waals surface area (Å²) >= 11 is 0. The highest BCUT2D eigenvalue weighted by Crippen LogP contribution is 2.22. The van der Waals surface area contributed by atoms with Gasteiger partial charge in [0.25, 0.3) is 0 Å². The van der Waals surface area contributed by atoms with Crippen molar-refractivity contribution in [2.45, 2.75) is 33.1 Å². The van der Waals surface area contributed by atoms with Crippen LogP contribution in [0.5, 0.6) is 0 Å². The van der Waals surface area contributed by atoms with Gasteiger partial charge in [-0.3, -0.25) is 5.10 Å². The van der Waals surface area contributed by atoms with Crippen molar-refractivity contribution in [3.63, 3.8) is 0 Å². The number of hydrogen-bond acceptors (Lipinski definition) is 2. The van der Waals surface area contributed by atoms with E-state index in [9.17, 15) is 0 Å². The van der Waals surface area contributed by atoms with Crippen molar-refractivity contribution in [3.05, 3.63) is 24.0 Å². The number of anilines is 1. The third-order valence-electron chi connectivity index (χ3n) is 1.73. The summed E-state index contributed by atoms with van der Waals surface area (Å²) in [6.45, 7) is 12.1. The molecule has 3 heteroatoms. The maximum absolute atomic E-state index is 4.13. The van der Waals surface area contributed by atoms with Crippen molar-refractivity contribution in [3.8, 4) is 0 Å². The van der Waals surface area contributed by atoms with Crippen LogP contribution in [0.1, 0.15) is 33.4 Å². The van der Waals surface area contributed by atoms with Gasteiger partial charge >= 0.3 is 0 Å². The second-order valence-electron chi connectivity index (χ2n) is 4.32. The first-order valence-corrected chi connectivity index (χ1v) is 4.38. The normalized spacial score (nSPS) is 11.4. The van der Waals surface area contributed by atoms with Crippen LogP contribution in [-0.2, 0) is 5.41 Å². The maximum atomic E-state index is 4.13. The molecule has 3 nitrogen and oxygen atoms in total. The summed E-state index contributed by atoms with van der Waals surface area (Å²) in [5.74, 6) is 0.831. The van der Waals surface area contributed by atoms with Crippen LogP contribution >= 0.6 is 0 Å². The molecule has 13 heavy (non-hydrogen) atoms. The fraction of sp³-hybridized carbons (Fsp3) is 0.500. The number of H-pyrrole nitrogens is 1. The van der Waals surface area contributed by atoms with Crippen LogP contribution in [0.15, 0.2) is 18.3 Å². The molecule has 1 aromatic rings. The lowest BCUT2D eigenvalue weighted by Gasteiger charge is -2.14. The Morgan fingerprint density at radius 2 is 2.15 bits per heavy atom. The zero-order valence-electron chi connectivity index (χ0n) is 8.73. The van der Waals surface area contributed by atoms with Gasteiger partial charge in [-0.1, -0.05) is 27.4 Å². The van der Waals surface area contributed by atoms with Crippen molar-refractivity contribution in [1.82, 2.24) is 10.2 Å². The number of nitrogens with zero attached hydrogens (tertiary/aromatic N) is 1. The average molecular weight is 179 g/mol. The maximum Gasteiger partial charge on any atom is 0.152 e. The quantitative estimate of drug-likeness (QED) is 0.732. The third kappa shape index (κ3) is 2.61. The van der Waals surface area contributed by atoms with Crippen molar-refractivity contribution < 1.29 is 0 Å². The highest BCUT2D eigenvalue weighted by molar-refractivity contribution is 5.41. The molecule has 0 atom stereocenters. The van der Waals surface area contributed by atoms with E-state index in [2.05, 4.69) is 42.9 Å². The molecule has 2 N–H and O–H groups in total. The van der Waals surface area contributed by atoms with Gasteiger partial charge in [-0.15, -0.1) is 0 Å².